The van der Waals surface area contributed by atoms with Crippen LogP contribution in [0.1, 0.15) is 11.4 Å². The van der Waals surface area contributed by atoms with E-state index in [9.17, 15) is 13.2 Å². The van der Waals surface area contributed by atoms with Gasteiger partial charge in [-0.1, -0.05) is 24.3 Å². The summed E-state index contributed by atoms with van der Waals surface area (Å²) in [6.45, 7) is 0.649. The Hall–Kier alpha value is -3.30. The fraction of sp³-hybridized carbons (Fsp3) is 0.278. The van der Waals surface area contributed by atoms with E-state index in [0.29, 0.717) is 24.5 Å². The summed E-state index contributed by atoms with van der Waals surface area (Å²) in [6.07, 6.45) is -2.26. The summed E-state index contributed by atoms with van der Waals surface area (Å²) in [5.41, 5.74) is 1.13. The van der Waals surface area contributed by atoms with E-state index in [4.69, 9.17) is 0 Å². The maximum absolute atomic E-state index is 12.5. The van der Waals surface area contributed by atoms with Crippen LogP contribution < -0.4 is 15.4 Å². The molecule has 3 aromatic rings. The van der Waals surface area contributed by atoms with E-state index in [-0.39, 0.29) is 12.3 Å². The third-order valence-corrected chi connectivity index (χ3v) is 3.89. The van der Waals surface area contributed by atoms with Crippen LogP contribution in [0.25, 0.3) is 5.65 Å². The van der Waals surface area contributed by atoms with Crippen LogP contribution in [0.5, 0.6) is 5.75 Å². The summed E-state index contributed by atoms with van der Waals surface area (Å²) in [4.78, 5) is 4.08. The zero-order chi connectivity index (χ0) is 20.0. The molecule has 2 N–H and O–H groups in total. The smallest absolute Gasteiger partial charge is 0.405 e. The van der Waals surface area contributed by atoms with Gasteiger partial charge >= 0.3 is 6.36 Å². The molecule has 1 aromatic carbocycles. The number of halogens is 3. The molecule has 0 amide bonds. The van der Waals surface area contributed by atoms with E-state index in [1.807, 2.05) is 28.8 Å². The minimum Gasteiger partial charge on any atom is -0.405 e. The van der Waals surface area contributed by atoms with Crippen molar-refractivity contribution in [1.29, 1.82) is 0 Å². The second-order valence-electron chi connectivity index (χ2n) is 5.80. The third kappa shape index (κ3) is 5.12. The van der Waals surface area contributed by atoms with E-state index in [2.05, 4.69) is 30.6 Å². The van der Waals surface area contributed by atoms with Gasteiger partial charge in [0, 0.05) is 38.3 Å². The molecule has 0 fully saturated rings. The van der Waals surface area contributed by atoms with Crippen LogP contribution in [-0.2, 0) is 13.0 Å². The minimum absolute atomic E-state index is 0.125. The number of fused-ring (bicyclic) bond motifs is 1. The van der Waals surface area contributed by atoms with Crippen molar-refractivity contribution in [3.05, 3.63) is 60.0 Å². The standard InChI is InChI=1S/C18H19F3N6O/c1-22-17(23-10-9-16-26-25-15-8-4-5-11-27(15)16)24-12-13-6-2-3-7-14(13)28-18(19,20)21/h2-8,11H,9-10,12H2,1H3,(H2,22,23,24). The molecule has 0 spiro atoms. The number of nitrogens with one attached hydrogen (secondary N) is 2. The number of ether oxygens (including phenoxy) is 1. The van der Waals surface area contributed by atoms with Crippen LogP contribution in [-0.4, -0.2) is 40.5 Å². The number of aliphatic imine (C=N–C) groups is 1. The van der Waals surface area contributed by atoms with Gasteiger partial charge in [-0.15, -0.1) is 23.4 Å². The molecule has 0 bridgehead atoms. The van der Waals surface area contributed by atoms with Crippen molar-refractivity contribution in [2.45, 2.75) is 19.3 Å². The van der Waals surface area contributed by atoms with Crippen LogP contribution in [0, 0.1) is 0 Å². The van der Waals surface area contributed by atoms with Crippen molar-refractivity contribution in [2.24, 2.45) is 4.99 Å². The van der Waals surface area contributed by atoms with Crippen LogP contribution in [0.2, 0.25) is 0 Å². The van der Waals surface area contributed by atoms with Gasteiger partial charge < -0.3 is 15.4 Å². The maximum Gasteiger partial charge on any atom is 0.573 e. The summed E-state index contributed by atoms with van der Waals surface area (Å²) in [5.74, 6) is 1.01. The highest BCUT2D eigenvalue weighted by Crippen LogP contribution is 2.26. The first kappa shape index (κ1) is 19.5. The van der Waals surface area contributed by atoms with Gasteiger partial charge in [0.25, 0.3) is 0 Å². The van der Waals surface area contributed by atoms with Crippen LogP contribution >= 0.6 is 0 Å². The molecule has 0 saturated heterocycles. The topological polar surface area (TPSA) is 75.8 Å². The molecule has 0 aliphatic heterocycles. The molecule has 28 heavy (non-hydrogen) atoms. The Bertz CT molecular complexity index is 954. The fourth-order valence-corrected chi connectivity index (χ4v) is 2.63. The molecule has 7 nitrogen and oxygen atoms in total. The quantitative estimate of drug-likeness (QED) is 0.498. The van der Waals surface area contributed by atoms with Gasteiger partial charge in [0.2, 0.25) is 0 Å². The number of benzene rings is 1. The summed E-state index contributed by atoms with van der Waals surface area (Å²) in [6, 6.07) is 11.6. The highest BCUT2D eigenvalue weighted by atomic mass is 19.4. The van der Waals surface area contributed by atoms with Gasteiger partial charge in [-0.05, 0) is 18.2 Å². The Morgan fingerprint density at radius 2 is 1.89 bits per heavy atom. The van der Waals surface area contributed by atoms with Gasteiger partial charge in [0.15, 0.2) is 11.6 Å². The van der Waals surface area contributed by atoms with E-state index in [1.165, 1.54) is 12.1 Å². The predicted molar refractivity (Wildman–Crippen MR) is 98.0 cm³/mol. The lowest BCUT2D eigenvalue weighted by Crippen LogP contribution is -2.38. The van der Waals surface area contributed by atoms with Gasteiger partial charge in [-0.2, -0.15) is 0 Å². The zero-order valence-corrected chi connectivity index (χ0v) is 15.1. The molecule has 10 heteroatoms. The Morgan fingerprint density at radius 3 is 2.68 bits per heavy atom. The minimum atomic E-state index is -4.74. The molecular weight excluding hydrogens is 373 g/mol. The van der Waals surface area contributed by atoms with Crippen LogP contribution in [0.3, 0.4) is 0 Å². The summed E-state index contributed by atoms with van der Waals surface area (Å²) < 4.78 is 43.5. The molecule has 0 saturated carbocycles. The molecule has 0 aliphatic rings. The summed E-state index contributed by atoms with van der Waals surface area (Å²) in [5, 5.41) is 14.3. The van der Waals surface area contributed by atoms with E-state index < -0.39 is 6.36 Å². The molecular formula is C18H19F3N6O. The molecule has 2 aromatic heterocycles. The molecule has 0 aliphatic carbocycles. The molecule has 0 unspecified atom stereocenters. The van der Waals surface area contributed by atoms with Gasteiger partial charge in [0.05, 0.1) is 0 Å². The van der Waals surface area contributed by atoms with E-state index in [0.717, 1.165) is 11.5 Å². The van der Waals surface area contributed by atoms with Gasteiger partial charge in [-0.25, -0.2) is 0 Å². The van der Waals surface area contributed by atoms with Crippen molar-refractivity contribution in [1.82, 2.24) is 25.2 Å². The van der Waals surface area contributed by atoms with Crippen molar-refractivity contribution in [3.8, 4) is 5.75 Å². The largest absolute Gasteiger partial charge is 0.573 e. The first-order valence-corrected chi connectivity index (χ1v) is 8.53. The highest BCUT2D eigenvalue weighted by molar-refractivity contribution is 5.79. The lowest BCUT2D eigenvalue weighted by atomic mass is 10.2. The monoisotopic (exact) mass is 392 g/mol. The lowest BCUT2D eigenvalue weighted by Gasteiger charge is -2.15. The number of guanidine groups is 1. The van der Waals surface area contributed by atoms with E-state index in [1.54, 1.807) is 19.2 Å². The second-order valence-corrected chi connectivity index (χ2v) is 5.80. The SMILES string of the molecule is CN=C(NCCc1nnc2ccccn12)NCc1ccccc1OC(F)(F)F. The number of alkyl halides is 3. The Labute approximate surface area is 159 Å². The average molecular weight is 392 g/mol. The van der Waals surface area contributed by atoms with Crippen LogP contribution in [0.15, 0.2) is 53.7 Å². The summed E-state index contributed by atoms with van der Waals surface area (Å²) >= 11 is 0. The number of pyridine rings is 1. The number of hydrogen-bond donors (Lipinski definition) is 2. The molecule has 2 heterocycles. The summed E-state index contributed by atoms with van der Waals surface area (Å²) in [7, 11) is 1.58. The zero-order valence-electron chi connectivity index (χ0n) is 15.1. The maximum atomic E-state index is 12.5. The van der Waals surface area contributed by atoms with Crippen molar-refractivity contribution in [3.63, 3.8) is 0 Å². The normalized spacial score (nSPS) is 12.2. The number of rotatable bonds is 6. The number of hydrogen-bond acceptors (Lipinski definition) is 4. The Morgan fingerprint density at radius 1 is 1.11 bits per heavy atom. The van der Waals surface area contributed by atoms with Gasteiger partial charge in [-0.3, -0.25) is 9.39 Å². The Kier molecular flexibility index (Phi) is 5.97. The second kappa shape index (κ2) is 8.59. The van der Waals surface area contributed by atoms with E-state index >= 15 is 0 Å². The predicted octanol–water partition coefficient (Wildman–Crippen LogP) is 2.54. The molecule has 0 radical (unpaired) electrons. The number of nitrogens with zero attached hydrogens (tertiary/aromatic N) is 4. The first-order chi connectivity index (χ1) is 13.5. The first-order valence-electron chi connectivity index (χ1n) is 8.53. The van der Waals surface area contributed by atoms with Crippen molar-refractivity contribution < 1.29 is 17.9 Å². The lowest BCUT2D eigenvalue weighted by molar-refractivity contribution is -0.274. The molecule has 3 rings (SSSR count). The highest BCUT2D eigenvalue weighted by Gasteiger charge is 2.31. The van der Waals surface area contributed by atoms with Crippen LogP contribution in [0.4, 0.5) is 13.2 Å². The fourth-order valence-electron chi connectivity index (χ4n) is 2.63. The number of para-hydroxylation sites is 1. The molecule has 148 valence electrons. The van der Waals surface area contributed by atoms with Crippen molar-refractivity contribution >= 4 is 11.6 Å². The Balaban J connectivity index is 1.54. The average Bonchev–Trinajstić information content (AvgIpc) is 3.07. The van der Waals surface area contributed by atoms with Gasteiger partial charge in [0.1, 0.15) is 11.6 Å². The number of aromatic nitrogens is 3. The third-order valence-electron chi connectivity index (χ3n) is 3.89. The van der Waals surface area contributed by atoms with Crippen molar-refractivity contribution in [2.75, 3.05) is 13.6 Å². The molecule has 0 atom stereocenters.